The summed E-state index contributed by atoms with van der Waals surface area (Å²) in [5.74, 6) is 0.880. The Morgan fingerprint density at radius 1 is 0.524 bits per heavy atom. The third-order valence-electron chi connectivity index (χ3n) is 8.09. The number of furan rings is 1. The Balaban J connectivity index is 1.35. The van der Waals surface area contributed by atoms with Gasteiger partial charge in [-0.15, -0.1) is 0 Å². The second-order valence-corrected chi connectivity index (χ2v) is 10.5. The van der Waals surface area contributed by atoms with Crippen molar-refractivity contribution in [2.45, 2.75) is 0 Å². The van der Waals surface area contributed by atoms with Crippen molar-refractivity contribution in [1.82, 2.24) is 14.0 Å². The summed E-state index contributed by atoms with van der Waals surface area (Å²) in [6.07, 6.45) is 0. The highest BCUT2D eigenvalue weighted by atomic mass is 16.3. The predicted molar refractivity (Wildman–Crippen MR) is 171 cm³/mol. The van der Waals surface area contributed by atoms with E-state index in [4.69, 9.17) is 9.40 Å². The van der Waals surface area contributed by atoms with E-state index in [2.05, 4.69) is 141 Å². The van der Waals surface area contributed by atoms with Crippen LogP contribution in [-0.4, -0.2) is 14.0 Å². The van der Waals surface area contributed by atoms with Crippen molar-refractivity contribution in [3.63, 3.8) is 0 Å². The minimum atomic E-state index is 0.845. The molecule has 0 bridgehead atoms. The quantitative estimate of drug-likeness (QED) is 0.223. The smallest absolute Gasteiger partial charge is 0.220 e. The minimum absolute atomic E-state index is 0.845. The molecule has 5 heteroatoms. The Morgan fingerprint density at radius 3 is 1.95 bits per heavy atom. The molecule has 6 aromatic carbocycles. The lowest BCUT2D eigenvalue weighted by molar-refractivity contribution is 0.669. The molecule has 0 spiro atoms. The molecule has 0 atom stereocenters. The molecule has 9 rings (SSSR count). The molecule has 0 aliphatic carbocycles. The van der Waals surface area contributed by atoms with Crippen LogP contribution < -0.4 is 4.90 Å². The van der Waals surface area contributed by atoms with Crippen LogP contribution in [0.3, 0.4) is 0 Å². The first-order chi connectivity index (χ1) is 20.8. The summed E-state index contributed by atoms with van der Waals surface area (Å²) in [5, 5.41) is 2.12. The molecule has 0 unspecified atom stereocenters. The molecule has 9 aromatic rings. The van der Waals surface area contributed by atoms with E-state index in [9.17, 15) is 0 Å². The molecule has 0 aliphatic heterocycles. The van der Waals surface area contributed by atoms with Crippen molar-refractivity contribution in [1.29, 1.82) is 0 Å². The summed E-state index contributed by atoms with van der Waals surface area (Å²) in [7, 11) is 0. The Kier molecular flexibility index (Phi) is 4.83. The minimum Gasteiger partial charge on any atom is -0.456 e. The lowest BCUT2D eigenvalue weighted by atomic mass is 10.1. The van der Waals surface area contributed by atoms with Crippen molar-refractivity contribution in [3.8, 4) is 5.69 Å². The van der Waals surface area contributed by atoms with Gasteiger partial charge in [0.2, 0.25) is 5.78 Å². The normalized spacial score (nSPS) is 11.8. The van der Waals surface area contributed by atoms with Crippen LogP contribution in [0.2, 0.25) is 0 Å². The molecule has 42 heavy (non-hydrogen) atoms. The largest absolute Gasteiger partial charge is 0.456 e. The highest BCUT2D eigenvalue weighted by Crippen LogP contribution is 2.41. The van der Waals surface area contributed by atoms with Crippen LogP contribution in [0, 0.1) is 0 Å². The van der Waals surface area contributed by atoms with Crippen LogP contribution in [0.4, 0.5) is 17.1 Å². The molecule has 3 heterocycles. The highest BCUT2D eigenvalue weighted by Gasteiger charge is 2.21. The standard InChI is InChI=1S/C37H24N4O/c1-3-12-25(13-4-1)39(26-14-5-2-6-15-26)27-22-23-34-28(24-27)36-33(20-11-21-35(36)42-34)41-32-19-10-9-18-31(32)40-30-17-8-7-16-29(30)38-37(40)41/h1-24H. The Hall–Kier alpha value is -5.81. The molecule has 0 saturated carbocycles. The summed E-state index contributed by atoms with van der Waals surface area (Å²) < 4.78 is 11.0. The van der Waals surface area contributed by atoms with Crippen LogP contribution >= 0.6 is 0 Å². The van der Waals surface area contributed by atoms with E-state index in [1.807, 2.05) is 18.2 Å². The van der Waals surface area contributed by atoms with Gasteiger partial charge in [-0.1, -0.05) is 66.7 Å². The molecule has 0 saturated heterocycles. The van der Waals surface area contributed by atoms with Gasteiger partial charge in [0.15, 0.2) is 0 Å². The zero-order valence-electron chi connectivity index (χ0n) is 22.6. The van der Waals surface area contributed by atoms with Crippen molar-refractivity contribution in [2.24, 2.45) is 0 Å². The van der Waals surface area contributed by atoms with E-state index >= 15 is 0 Å². The fourth-order valence-corrected chi connectivity index (χ4v) is 6.31. The van der Waals surface area contributed by atoms with Crippen molar-refractivity contribution >= 4 is 66.8 Å². The fraction of sp³-hybridized carbons (Fsp3) is 0. The molecule has 0 radical (unpaired) electrons. The monoisotopic (exact) mass is 540 g/mol. The number of imidazole rings is 2. The van der Waals surface area contributed by atoms with Crippen LogP contribution in [0.5, 0.6) is 0 Å². The topological polar surface area (TPSA) is 38.6 Å². The van der Waals surface area contributed by atoms with Gasteiger partial charge < -0.3 is 9.32 Å². The first-order valence-electron chi connectivity index (χ1n) is 14.1. The Bertz CT molecular complexity index is 2380. The van der Waals surface area contributed by atoms with E-state index in [0.29, 0.717) is 0 Å². The molecule has 198 valence electrons. The number of aromatic nitrogens is 3. The van der Waals surface area contributed by atoms with Crippen molar-refractivity contribution in [2.75, 3.05) is 4.90 Å². The first kappa shape index (κ1) is 22.9. The SMILES string of the molecule is c1ccc(N(c2ccccc2)c2ccc3oc4cccc(-n5c6ccccc6n6c7ccccc7nc56)c4c3c2)cc1. The molecule has 5 nitrogen and oxygen atoms in total. The zero-order valence-corrected chi connectivity index (χ0v) is 22.6. The molecular weight excluding hydrogens is 516 g/mol. The molecule has 0 aliphatic rings. The zero-order chi connectivity index (χ0) is 27.6. The number of hydrogen-bond acceptors (Lipinski definition) is 3. The number of fused-ring (bicyclic) bond motifs is 8. The van der Waals surface area contributed by atoms with Crippen LogP contribution in [0.15, 0.2) is 150 Å². The van der Waals surface area contributed by atoms with Gasteiger partial charge in [-0.3, -0.25) is 8.97 Å². The van der Waals surface area contributed by atoms with E-state index in [0.717, 1.165) is 72.5 Å². The second kappa shape index (κ2) is 8.85. The van der Waals surface area contributed by atoms with Gasteiger partial charge in [0, 0.05) is 22.4 Å². The number of hydrogen-bond donors (Lipinski definition) is 0. The van der Waals surface area contributed by atoms with Crippen molar-refractivity contribution < 1.29 is 4.42 Å². The molecular formula is C37H24N4O. The number of anilines is 3. The van der Waals surface area contributed by atoms with Gasteiger partial charge in [-0.05, 0) is 78.9 Å². The number of rotatable bonds is 4. The maximum absolute atomic E-state index is 6.46. The Morgan fingerprint density at radius 2 is 1.19 bits per heavy atom. The lowest BCUT2D eigenvalue weighted by Gasteiger charge is -2.25. The maximum atomic E-state index is 6.46. The average molecular weight is 541 g/mol. The van der Waals surface area contributed by atoms with Gasteiger partial charge in [0.1, 0.15) is 11.2 Å². The fourth-order valence-electron chi connectivity index (χ4n) is 6.31. The van der Waals surface area contributed by atoms with Gasteiger partial charge in [-0.25, -0.2) is 4.98 Å². The molecule has 3 aromatic heterocycles. The average Bonchev–Trinajstić information content (AvgIpc) is 3.71. The van der Waals surface area contributed by atoms with E-state index in [1.165, 1.54) is 0 Å². The van der Waals surface area contributed by atoms with Crippen molar-refractivity contribution in [3.05, 3.63) is 146 Å². The summed E-state index contributed by atoms with van der Waals surface area (Å²) >= 11 is 0. The van der Waals surface area contributed by atoms with Crippen LogP contribution in [-0.2, 0) is 0 Å². The summed E-state index contributed by atoms with van der Waals surface area (Å²) in [6.45, 7) is 0. The third-order valence-corrected chi connectivity index (χ3v) is 8.09. The van der Waals surface area contributed by atoms with Gasteiger partial charge in [0.25, 0.3) is 0 Å². The lowest BCUT2D eigenvalue weighted by Crippen LogP contribution is -2.09. The first-order valence-corrected chi connectivity index (χ1v) is 14.1. The molecule has 0 amide bonds. The summed E-state index contributed by atoms with van der Waals surface area (Å²) in [5.41, 5.74) is 10.3. The van der Waals surface area contributed by atoms with Gasteiger partial charge in [-0.2, -0.15) is 0 Å². The maximum Gasteiger partial charge on any atom is 0.220 e. The highest BCUT2D eigenvalue weighted by molar-refractivity contribution is 6.11. The molecule has 0 fully saturated rings. The van der Waals surface area contributed by atoms with E-state index in [1.54, 1.807) is 0 Å². The molecule has 0 N–H and O–H groups in total. The van der Waals surface area contributed by atoms with Crippen LogP contribution in [0.25, 0.3) is 55.5 Å². The predicted octanol–water partition coefficient (Wildman–Crippen LogP) is 9.80. The van der Waals surface area contributed by atoms with Gasteiger partial charge in [0.05, 0.1) is 33.1 Å². The van der Waals surface area contributed by atoms with Crippen LogP contribution in [0.1, 0.15) is 0 Å². The number of nitrogens with zero attached hydrogens (tertiary/aromatic N) is 4. The number of para-hydroxylation sites is 6. The van der Waals surface area contributed by atoms with Gasteiger partial charge >= 0.3 is 0 Å². The third kappa shape index (κ3) is 3.28. The summed E-state index contributed by atoms with van der Waals surface area (Å²) in [4.78, 5) is 7.40. The Labute approximate surface area is 241 Å². The summed E-state index contributed by atoms with van der Waals surface area (Å²) in [6, 6.07) is 50.5. The van der Waals surface area contributed by atoms with E-state index < -0.39 is 0 Å². The van der Waals surface area contributed by atoms with E-state index in [-0.39, 0.29) is 0 Å². The second-order valence-electron chi connectivity index (χ2n) is 10.5. The number of benzene rings is 6.